The average Bonchev–Trinajstić information content (AvgIpc) is 3.48. The van der Waals surface area contributed by atoms with Gasteiger partial charge in [0.05, 0.1) is 6.54 Å². The van der Waals surface area contributed by atoms with E-state index in [1.165, 1.54) is 4.80 Å². The Kier molecular flexibility index (Phi) is 17.0. The van der Waals surface area contributed by atoms with Crippen molar-refractivity contribution >= 4 is 29.5 Å². The zero-order valence-corrected chi connectivity index (χ0v) is 25.7. The van der Waals surface area contributed by atoms with Gasteiger partial charge in [-0.1, -0.05) is 10.2 Å². The summed E-state index contributed by atoms with van der Waals surface area (Å²) in [4.78, 5) is 1.47. The molecule has 2 aromatic heterocycles. The fourth-order valence-corrected chi connectivity index (χ4v) is 8.79. The molecular weight excluding hydrogens is 532 g/mol. The van der Waals surface area contributed by atoms with Crippen molar-refractivity contribution in [3.05, 3.63) is 0 Å². The van der Waals surface area contributed by atoms with E-state index in [4.69, 9.17) is 38.0 Å². The van der Waals surface area contributed by atoms with Crippen LogP contribution in [0.5, 0.6) is 0 Å². The second kappa shape index (κ2) is 19.1. The van der Waals surface area contributed by atoms with Gasteiger partial charge < -0.3 is 38.0 Å². The molecule has 0 saturated carbocycles. The molecule has 18 heteroatoms. The van der Waals surface area contributed by atoms with Crippen LogP contribution in [0.25, 0.3) is 0 Å². The molecule has 220 valence electrons. The van der Waals surface area contributed by atoms with Gasteiger partial charge in [-0.2, -0.15) is 4.80 Å². The number of hydrogen-bond donors (Lipinski definition) is 2. The Bertz CT molecular complexity index is 828. The predicted octanol–water partition coefficient (Wildman–Crippen LogP) is 1.39. The predicted molar refractivity (Wildman–Crippen MR) is 145 cm³/mol. The largest absolute Gasteiger partial charge is 0.500 e. The minimum absolute atomic E-state index is 0.183. The van der Waals surface area contributed by atoms with E-state index in [1.807, 2.05) is 41.5 Å². The second-order valence-electron chi connectivity index (χ2n) is 7.67. The molecule has 0 amide bonds. The number of rotatable bonds is 20. The van der Waals surface area contributed by atoms with Crippen molar-refractivity contribution in [3.63, 3.8) is 0 Å². The van der Waals surface area contributed by atoms with Gasteiger partial charge in [0.25, 0.3) is 5.95 Å². The summed E-state index contributed by atoms with van der Waals surface area (Å²) in [6.45, 7) is 16.4. The van der Waals surface area contributed by atoms with Gasteiger partial charge in [-0.25, -0.2) is 4.68 Å². The summed E-state index contributed by atoms with van der Waals surface area (Å²) < 4.78 is 36.1. The summed E-state index contributed by atoms with van der Waals surface area (Å²) >= 11 is 0. The van der Waals surface area contributed by atoms with Crippen LogP contribution < -0.4 is 11.5 Å². The number of aromatic nitrogens is 8. The van der Waals surface area contributed by atoms with Crippen molar-refractivity contribution in [2.24, 2.45) is 0 Å². The van der Waals surface area contributed by atoms with Crippen molar-refractivity contribution < 1.29 is 26.6 Å². The molecule has 0 fully saturated rings. The quantitative estimate of drug-likeness (QED) is 0.214. The zero-order valence-electron chi connectivity index (χ0n) is 23.7. The molecule has 4 N–H and O–H groups in total. The minimum atomic E-state index is -2.57. The molecule has 0 radical (unpaired) electrons. The first kappa shape index (κ1) is 34.0. The first-order chi connectivity index (χ1) is 18.3. The first-order valence-electron chi connectivity index (χ1n) is 13.2. The van der Waals surface area contributed by atoms with Crippen LogP contribution in [0.15, 0.2) is 0 Å². The van der Waals surface area contributed by atoms with Crippen LogP contribution >= 0.6 is 0 Å². The Balaban J connectivity index is 0.000000380. The van der Waals surface area contributed by atoms with Gasteiger partial charge in [0.1, 0.15) is 0 Å². The highest BCUT2D eigenvalue weighted by Gasteiger charge is 2.40. The van der Waals surface area contributed by atoms with Gasteiger partial charge in [-0.05, 0) is 70.0 Å². The van der Waals surface area contributed by atoms with Crippen molar-refractivity contribution in [1.82, 2.24) is 40.4 Å². The molecule has 0 saturated heterocycles. The third kappa shape index (κ3) is 12.2. The smallest absolute Gasteiger partial charge is 0.374 e. The summed E-state index contributed by atoms with van der Waals surface area (Å²) in [5.74, 6) is 0.499. The monoisotopic (exact) mass is 578 g/mol. The van der Waals surface area contributed by atoms with Gasteiger partial charge >= 0.3 is 17.6 Å². The summed E-state index contributed by atoms with van der Waals surface area (Å²) in [5, 5.41) is 22.3. The third-order valence-corrected chi connectivity index (χ3v) is 11.2. The molecule has 0 spiro atoms. The van der Waals surface area contributed by atoms with Gasteiger partial charge in [-0.3, -0.25) is 0 Å². The molecule has 2 heterocycles. The van der Waals surface area contributed by atoms with Crippen LogP contribution in [-0.4, -0.2) is 97.7 Å². The molecule has 0 unspecified atom stereocenters. The molecule has 0 atom stereocenters. The molecule has 0 aliphatic carbocycles. The number of aryl methyl sites for hydroxylation is 2. The van der Waals surface area contributed by atoms with E-state index in [2.05, 4.69) is 30.9 Å². The van der Waals surface area contributed by atoms with Crippen molar-refractivity contribution in [2.75, 3.05) is 51.1 Å². The normalized spacial score (nSPS) is 11.9. The number of tetrazole rings is 2. The van der Waals surface area contributed by atoms with E-state index < -0.39 is 17.6 Å². The summed E-state index contributed by atoms with van der Waals surface area (Å²) in [5.41, 5.74) is 11.0. The molecule has 2 rings (SSSR count). The van der Waals surface area contributed by atoms with E-state index >= 15 is 0 Å². The van der Waals surface area contributed by atoms with Crippen LogP contribution in [-0.2, 0) is 39.6 Å². The standard InChI is InChI=1S/2C10H23N5O3Si/c1-4-16-19(17-5-2,18-6-3)9-7-8-15-10(11)12-13-14-15;1-4-16-19(17-5-2,18-6-3)9-7-8-15-13-10(11)12-14-15/h4-9H2,1-3H3,(H2,11,12,14);4-9H2,1-3H3,(H2,11,13). The van der Waals surface area contributed by atoms with Gasteiger partial charge in [0.2, 0.25) is 5.95 Å². The lowest BCUT2D eigenvalue weighted by Gasteiger charge is -2.28. The fraction of sp³-hybridized carbons (Fsp3) is 0.900. The van der Waals surface area contributed by atoms with Crippen molar-refractivity contribution in [3.8, 4) is 0 Å². The maximum atomic E-state index is 5.76. The average molecular weight is 579 g/mol. The summed E-state index contributed by atoms with van der Waals surface area (Å²) in [7, 11) is -5.13. The highest BCUT2D eigenvalue weighted by molar-refractivity contribution is 6.61. The van der Waals surface area contributed by atoms with E-state index in [0.717, 1.165) is 24.9 Å². The topological polar surface area (TPSA) is 195 Å². The highest BCUT2D eigenvalue weighted by Crippen LogP contribution is 2.19. The molecular formula is C20H46N10O6Si2. The van der Waals surface area contributed by atoms with Crippen LogP contribution in [0.2, 0.25) is 12.1 Å². The summed E-state index contributed by atoms with van der Waals surface area (Å²) in [6, 6.07) is 1.45. The molecule has 0 bridgehead atoms. The Morgan fingerprint density at radius 2 is 1.08 bits per heavy atom. The van der Waals surface area contributed by atoms with Crippen LogP contribution in [0.4, 0.5) is 11.9 Å². The SMILES string of the molecule is CCO[Si](CCCn1nnc(N)n1)(OCC)OCC.CCO[Si](CCCn1nnnc1N)(OCC)OCC. The molecule has 0 aliphatic rings. The van der Waals surface area contributed by atoms with E-state index in [0.29, 0.717) is 58.7 Å². The van der Waals surface area contributed by atoms with Gasteiger partial charge in [-0.15, -0.1) is 5.10 Å². The maximum absolute atomic E-state index is 5.76. The Morgan fingerprint density at radius 3 is 1.42 bits per heavy atom. The van der Waals surface area contributed by atoms with Crippen molar-refractivity contribution in [1.29, 1.82) is 0 Å². The lowest BCUT2D eigenvalue weighted by molar-refractivity contribution is 0.0696. The van der Waals surface area contributed by atoms with Crippen LogP contribution in [0.3, 0.4) is 0 Å². The van der Waals surface area contributed by atoms with Crippen molar-refractivity contribution in [2.45, 2.75) is 79.6 Å². The number of nitrogens with zero attached hydrogens (tertiary/aromatic N) is 8. The maximum Gasteiger partial charge on any atom is 0.500 e. The van der Waals surface area contributed by atoms with E-state index in [1.54, 1.807) is 4.68 Å². The summed E-state index contributed by atoms with van der Waals surface area (Å²) in [6.07, 6.45) is 1.59. The van der Waals surface area contributed by atoms with Gasteiger partial charge in [0, 0.05) is 58.3 Å². The second-order valence-corrected chi connectivity index (χ2v) is 13.1. The minimum Gasteiger partial charge on any atom is -0.374 e. The van der Waals surface area contributed by atoms with Crippen LogP contribution in [0.1, 0.15) is 54.4 Å². The molecule has 2 aromatic rings. The zero-order chi connectivity index (χ0) is 28.3. The number of hydrogen-bond acceptors (Lipinski definition) is 14. The Hall–Kier alpha value is -2.07. The Labute approximate surface area is 227 Å². The lowest BCUT2D eigenvalue weighted by atomic mass is 10.5. The number of nitrogens with two attached hydrogens (primary N) is 2. The molecule has 0 aliphatic heterocycles. The third-order valence-electron chi connectivity index (χ3n) is 4.91. The van der Waals surface area contributed by atoms with Gasteiger partial charge in [0.15, 0.2) is 0 Å². The first-order valence-corrected chi connectivity index (χ1v) is 17.1. The van der Waals surface area contributed by atoms with E-state index in [9.17, 15) is 0 Å². The Morgan fingerprint density at radius 1 is 0.632 bits per heavy atom. The molecule has 38 heavy (non-hydrogen) atoms. The lowest BCUT2D eigenvalue weighted by Crippen LogP contribution is -2.46. The number of anilines is 2. The van der Waals surface area contributed by atoms with Crippen LogP contribution in [0, 0.1) is 0 Å². The number of nitrogen functional groups attached to an aromatic ring is 2. The highest BCUT2D eigenvalue weighted by atomic mass is 28.4. The molecule has 0 aromatic carbocycles. The van der Waals surface area contributed by atoms with E-state index in [-0.39, 0.29) is 5.95 Å². The molecule has 16 nitrogen and oxygen atoms in total. The fourth-order valence-electron chi connectivity index (χ4n) is 3.61.